The van der Waals surface area contributed by atoms with Crippen LogP contribution in [0.4, 0.5) is 0 Å². The van der Waals surface area contributed by atoms with E-state index in [9.17, 15) is 4.79 Å². The second-order valence-electron chi connectivity index (χ2n) is 2.10. The monoisotopic (exact) mass is 144 g/mol. The summed E-state index contributed by atoms with van der Waals surface area (Å²) in [5.74, 6) is 0.329. The molecule has 3 nitrogen and oxygen atoms in total. The normalized spacial score (nSPS) is 11.6. The van der Waals surface area contributed by atoms with E-state index in [0.29, 0.717) is 12.1 Å². The number of aromatic amines is 1. The van der Waals surface area contributed by atoms with Crippen LogP contribution in [0.3, 0.4) is 0 Å². The average molecular weight is 144 g/mol. The van der Waals surface area contributed by atoms with E-state index in [-0.39, 0.29) is 0 Å². The Morgan fingerprint density at radius 2 is 2.55 bits per heavy atom. The summed E-state index contributed by atoms with van der Waals surface area (Å²) in [6.45, 7) is 0. The van der Waals surface area contributed by atoms with Crippen molar-refractivity contribution in [3.05, 3.63) is 28.3 Å². The molecule has 0 aromatic carbocycles. The van der Waals surface area contributed by atoms with Crippen LogP contribution >= 0.6 is 0 Å². The second-order valence-corrected chi connectivity index (χ2v) is 2.10. The summed E-state index contributed by atoms with van der Waals surface area (Å²) >= 11 is 0. The summed E-state index contributed by atoms with van der Waals surface area (Å²) < 4.78 is 0. The summed E-state index contributed by atoms with van der Waals surface area (Å²) in [5, 5.41) is 1.46. The molecular formula is C8H4N2O. The minimum absolute atomic E-state index is 0.329. The van der Waals surface area contributed by atoms with Crippen LogP contribution in [0.25, 0.3) is 11.8 Å². The van der Waals surface area contributed by atoms with Crippen molar-refractivity contribution >= 4 is 18.1 Å². The summed E-state index contributed by atoms with van der Waals surface area (Å²) in [4.78, 5) is 17.0. The van der Waals surface area contributed by atoms with Gasteiger partial charge in [-0.3, -0.25) is 4.79 Å². The van der Waals surface area contributed by atoms with Crippen molar-refractivity contribution in [2.24, 2.45) is 0 Å². The smallest absolute Gasteiger partial charge is 0.185 e. The molecule has 1 aromatic rings. The Morgan fingerprint density at radius 1 is 1.64 bits per heavy atom. The molecule has 0 atom stereocenters. The highest BCUT2D eigenvalue weighted by Gasteiger charge is 1.95. The Hall–Kier alpha value is -1.82. The van der Waals surface area contributed by atoms with Crippen molar-refractivity contribution in [3.63, 3.8) is 0 Å². The molecule has 0 saturated carbocycles. The Kier molecular flexibility index (Phi) is 1.13. The van der Waals surface area contributed by atoms with Crippen LogP contribution in [0.15, 0.2) is 11.8 Å². The molecule has 1 N–H and O–H groups in total. The molecule has 1 aromatic heterocycles. The van der Waals surface area contributed by atoms with Crippen LogP contribution in [-0.4, -0.2) is 16.3 Å². The minimum atomic E-state index is 0.329. The number of H-pyrrole nitrogens is 1. The van der Waals surface area contributed by atoms with Crippen LogP contribution in [0, 0.1) is 0 Å². The zero-order chi connectivity index (χ0) is 7.68. The van der Waals surface area contributed by atoms with Crippen molar-refractivity contribution in [2.75, 3.05) is 0 Å². The van der Waals surface area contributed by atoms with Gasteiger partial charge in [0.1, 0.15) is 5.35 Å². The van der Waals surface area contributed by atoms with E-state index in [1.165, 1.54) is 0 Å². The summed E-state index contributed by atoms with van der Waals surface area (Å²) in [6, 6.07) is 0. The van der Waals surface area contributed by atoms with Crippen molar-refractivity contribution in [1.29, 1.82) is 0 Å². The van der Waals surface area contributed by atoms with Crippen molar-refractivity contribution in [3.8, 4) is 0 Å². The molecule has 1 aliphatic carbocycles. The molecule has 0 saturated heterocycles. The summed E-state index contributed by atoms with van der Waals surface area (Å²) in [6.07, 6.45) is 4.15. The van der Waals surface area contributed by atoms with Gasteiger partial charge in [0.05, 0.1) is 5.35 Å². The molecule has 0 aliphatic heterocycles. The molecule has 0 unspecified atom stereocenters. The Balaban J connectivity index is 2.94. The van der Waals surface area contributed by atoms with Gasteiger partial charge >= 0.3 is 0 Å². The van der Waals surface area contributed by atoms with Gasteiger partial charge in [0.25, 0.3) is 0 Å². The van der Waals surface area contributed by atoms with Gasteiger partial charge in [0.2, 0.25) is 0 Å². The van der Waals surface area contributed by atoms with E-state index >= 15 is 0 Å². The number of nitrogens with zero attached hydrogens (tertiary/aromatic N) is 1. The molecule has 1 aliphatic rings. The maximum atomic E-state index is 10.3. The number of hydrogen-bond acceptors (Lipinski definition) is 2. The number of hydrogen-bond donors (Lipinski definition) is 1. The zero-order valence-electron chi connectivity index (χ0n) is 5.59. The Morgan fingerprint density at radius 3 is 3.27 bits per heavy atom. The van der Waals surface area contributed by atoms with E-state index in [1.54, 1.807) is 12.2 Å². The largest absolute Gasteiger partial charge is 0.329 e. The quantitative estimate of drug-likeness (QED) is 0.410. The molecular weight excluding hydrogens is 140 g/mol. The van der Waals surface area contributed by atoms with Crippen LogP contribution in [0.2, 0.25) is 0 Å². The number of carbonyl (C=O) groups is 1. The fourth-order valence-electron chi connectivity index (χ4n) is 0.912. The lowest BCUT2D eigenvalue weighted by molar-refractivity contribution is 0.111. The predicted octanol–water partition coefficient (Wildman–Crippen LogP) is -0.893. The number of aldehydes is 1. The first-order chi connectivity index (χ1) is 5.40. The van der Waals surface area contributed by atoms with Gasteiger partial charge in [-0.2, -0.15) is 0 Å². The molecule has 0 amide bonds. The van der Waals surface area contributed by atoms with Crippen molar-refractivity contribution in [2.45, 2.75) is 0 Å². The van der Waals surface area contributed by atoms with Crippen LogP contribution < -0.4 is 10.7 Å². The lowest BCUT2D eigenvalue weighted by atomic mass is 10.4. The first kappa shape index (κ1) is 5.93. The third-order valence-corrected chi connectivity index (χ3v) is 1.38. The van der Waals surface area contributed by atoms with E-state index in [0.717, 1.165) is 10.7 Å². The predicted molar refractivity (Wildman–Crippen MR) is 39.2 cm³/mol. The number of allylic oxidation sites excluding steroid dienone is 1. The number of fused-ring (bicyclic) bond motifs is 1. The fourth-order valence-corrected chi connectivity index (χ4v) is 0.912. The first-order valence-corrected chi connectivity index (χ1v) is 3.13. The summed E-state index contributed by atoms with van der Waals surface area (Å²) in [5.41, 5.74) is 5.56. The number of aromatic nitrogens is 2. The van der Waals surface area contributed by atoms with Gasteiger partial charge in [-0.05, 0) is 17.9 Å². The fraction of sp³-hybridized carbons (Fsp3) is 0. The molecule has 0 bridgehead atoms. The average Bonchev–Trinajstić information content (AvgIpc) is 2.46. The van der Waals surface area contributed by atoms with Crippen LogP contribution in [-0.2, 0) is 0 Å². The lowest BCUT2D eigenvalue weighted by Crippen LogP contribution is -2.23. The molecule has 3 heteroatoms. The topological polar surface area (TPSA) is 45.8 Å². The second kappa shape index (κ2) is 2.10. The van der Waals surface area contributed by atoms with Crippen LogP contribution in [0.5, 0.6) is 0 Å². The van der Waals surface area contributed by atoms with Crippen LogP contribution in [0.1, 0.15) is 10.6 Å². The zero-order valence-corrected chi connectivity index (χ0v) is 5.59. The molecule has 2 rings (SSSR count). The SMILES string of the molecule is O=Cc1nc2c([nH]1)=C=C=CC=2. The lowest BCUT2D eigenvalue weighted by Gasteiger charge is -1.72. The van der Waals surface area contributed by atoms with Gasteiger partial charge in [0, 0.05) is 0 Å². The first-order valence-electron chi connectivity index (χ1n) is 3.13. The number of nitrogens with one attached hydrogen (secondary N) is 1. The molecule has 0 fully saturated rings. The molecule has 1 heterocycles. The Bertz CT molecular complexity index is 483. The number of rotatable bonds is 1. The molecule has 0 radical (unpaired) electrons. The van der Waals surface area contributed by atoms with E-state index in [4.69, 9.17) is 0 Å². The third kappa shape index (κ3) is 0.849. The van der Waals surface area contributed by atoms with E-state index in [1.807, 2.05) is 0 Å². The van der Waals surface area contributed by atoms with Gasteiger partial charge in [0.15, 0.2) is 12.1 Å². The maximum Gasteiger partial charge on any atom is 0.185 e. The maximum absolute atomic E-state index is 10.3. The van der Waals surface area contributed by atoms with Crippen molar-refractivity contribution < 1.29 is 4.79 Å². The van der Waals surface area contributed by atoms with Gasteiger partial charge in [-0.15, -0.1) is 0 Å². The van der Waals surface area contributed by atoms with Gasteiger partial charge in [-0.1, -0.05) is 5.73 Å². The van der Waals surface area contributed by atoms with E-state index in [2.05, 4.69) is 21.4 Å². The Labute approximate surface area is 62.1 Å². The highest BCUT2D eigenvalue weighted by atomic mass is 16.1. The summed E-state index contributed by atoms with van der Waals surface area (Å²) in [7, 11) is 0. The molecule has 11 heavy (non-hydrogen) atoms. The highest BCUT2D eigenvalue weighted by molar-refractivity contribution is 5.68. The standard InChI is InChI=1S/C8H4N2O/c11-5-8-9-6-3-1-2-4-7(6)10-8/h1,3,5H,(H,9,10). The van der Waals surface area contributed by atoms with Gasteiger partial charge in [-0.25, -0.2) is 4.98 Å². The van der Waals surface area contributed by atoms with Crippen molar-refractivity contribution in [1.82, 2.24) is 9.97 Å². The molecule has 52 valence electrons. The number of carbonyl (C=O) groups excluding carboxylic acids is 1. The minimum Gasteiger partial charge on any atom is -0.329 e. The number of imidazole rings is 1. The van der Waals surface area contributed by atoms with E-state index < -0.39 is 0 Å². The third-order valence-electron chi connectivity index (χ3n) is 1.38. The highest BCUT2D eigenvalue weighted by Crippen LogP contribution is 1.74. The molecule has 0 spiro atoms. The van der Waals surface area contributed by atoms with Gasteiger partial charge < -0.3 is 4.98 Å².